The second-order valence-electron chi connectivity index (χ2n) is 3.48. The Morgan fingerprint density at radius 2 is 2.39 bits per heavy atom. The summed E-state index contributed by atoms with van der Waals surface area (Å²) < 4.78 is 0. The highest BCUT2D eigenvalue weighted by molar-refractivity contribution is 6.33. The zero-order chi connectivity index (χ0) is 13.0. The van der Waals surface area contributed by atoms with Gasteiger partial charge in [0, 0.05) is 6.20 Å². The maximum Gasteiger partial charge on any atom is 0.216 e. The van der Waals surface area contributed by atoms with E-state index < -0.39 is 0 Å². The van der Waals surface area contributed by atoms with Gasteiger partial charge in [0.05, 0.1) is 10.7 Å². The van der Waals surface area contributed by atoms with Gasteiger partial charge in [-0.1, -0.05) is 23.7 Å². The first-order valence-electron chi connectivity index (χ1n) is 5.08. The summed E-state index contributed by atoms with van der Waals surface area (Å²) in [6.45, 7) is 1.92. The van der Waals surface area contributed by atoms with Gasteiger partial charge in [0.2, 0.25) is 5.82 Å². The molecular formula is C11H9ClN6. The van der Waals surface area contributed by atoms with E-state index in [4.69, 9.17) is 16.9 Å². The van der Waals surface area contributed by atoms with Crippen LogP contribution >= 0.6 is 11.6 Å². The lowest BCUT2D eigenvalue weighted by Crippen LogP contribution is -1.95. The van der Waals surface area contributed by atoms with Crippen LogP contribution in [-0.4, -0.2) is 20.6 Å². The van der Waals surface area contributed by atoms with Crippen LogP contribution in [0.1, 0.15) is 11.4 Å². The molecule has 0 bridgehead atoms. The molecule has 0 aliphatic rings. The quantitative estimate of drug-likeness (QED) is 0.825. The highest BCUT2D eigenvalue weighted by Gasteiger charge is 2.07. The SMILES string of the molecule is Cc1cccc(Cl)c1NC=C(C#N)c1nn[nH]n1. The summed E-state index contributed by atoms with van der Waals surface area (Å²) >= 11 is 6.06. The van der Waals surface area contributed by atoms with Crippen molar-refractivity contribution in [3.8, 4) is 6.07 Å². The summed E-state index contributed by atoms with van der Waals surface area (Å²) in [4.78, 5) is 0. The first-order valence-corrected chi connectivity index (χ1v) is 5.46. The van der Waals surface area contributed by atoms with Gasteiger partial charge in [-0.15, -0.1) is 10.2 Å². The predicted octanol–water partition coefficient (Wildman–Crippen LogP) is 2.14. The summed E-state index contributed by atoms with van der Waals surface area (Å²) in [5.74, 6) is 0.231. The first-order chi connectivity index (χ1) is 8.72. The fraction of sp³-hybridized carbons (Fsp3) is 0.0909. The lowest BCUT2D eigenvalue weighted by atomic mass is 10.2. The van der Waals surface area contributed by atoms with E-state index in [-0.39, 0.29) is 11.4 Å². The molecule has 0 atom stereocenters. The lowest BCUT2D eigenvalue weighted by Gasteiger charge is -2.07. The van der Waals surface area contributed by atoms with Gasteiger partial charge in [-0.2, -0.15) is 10.5 Å². The predicted molar refractivity (Wildman–Crippen MR) is 67.6 cm³/mol. The number of allylic oxidation sites excluding steroid dienone is 1. The number of benzene rings is 1. The highest BCUT2D eigenvalue weighted by Crippen LogP contribution is 2.25. The Morgan fingerprint density at radius 3 is 3.00 bits per heavy atom. The van der Waals surface area contributed by atoms with E-state index in [9.17, 15) is 0 Å². The third-order valence-electron chi connectivity index (χ3n) is 2.29. The number of aryl methyl sites for hydroxylation is 1. The molecular weight excluding hydrogens is 252 g/mol. The molecule has 1 aromatic carbocycles. The monoisotopic (exact) mass is 260 g/mol. The number of hydrogen-bond acceptors (Lipinski definition) is 5. The average Bonchev–Trinajstić information content (AvgIpc) is 2.87. The second-order valence-corrected chi connectivity index (χ2v) is 3.89. The number of anilines is 1. The molecule has 0 saturated heterocycles. The maximum atomic E-state index is 9.00. The number of aromatic nitrogens is 4. The molecule has 0 aliphatic heterocycles. The molecule has 7 heteroatoms. The van der Waals surface area contributed by atoms with Gasteiger partial charge in [0.1, 0.15) is 11.6 Å². The molecule has 0 aliphatic carbocycles. The number of H-pyrrole nitrogens is 1. The standard InChI is InChI=1S/C11H9ClN6/c1-7-3-2-4-9(12)10(7)14-6-8(5-13)11-15-17-18-16-11/h2-4,6,14H,1H3,(H,15,16,17,18). The molecule has 2 aromatic rings. The maximum absolute atomic E-state index is 9.00. The van der Waals surface area contributed by atoms with E-state index >= 15 is 0 Å². The molecule has 2 N–H and O–H groups in total. The van der Waals surface area contributed by atoms with Crippen molar-refractivity contribution in [1.29, 1.82) is 5.26 Å². The van der Waals surface area contributed by atoms with Crippen LogP contribution in [0.15, 0.2) is 24.4 Å². The Hall–Kier alpha value is -2.39. The van der Waals surface area contributed by atoms with Crippen LogP contribution in [0.3, 0.4) is 0 Å². The number of rotatable bonds is 3. The molecule has 1 aromatic heterocycles. The molecule has 6 nitrogen and oxygen atoms in total. The van der Waals surface area contributed by atoms with Crippen LogP contribution in [0.2, 0.25) is 5.02 Å². The van der Waals surface area contributed by atoms with E-state index in [1.165, 1.54) is 6.20 Å². The fourth-order valence-corrected chi connectivity index (χ4v) is 1.66. The largest absolute Gasteiger partial charge is 0.359 e. The second kappa shape index (κ2) is 5.29. The molecule has 2 rings (SSSR count). The minimum atomic E-state index is 0.231. The Bertz CT molecular complexity index is 591. The van der Waals surface area contributed by atoms with E-state index in [1.807, 2.05) is 25.1 Å². The number of halogens is 1. The molecule has 0 spiro atoms. The van der Waals surface area contributed by atoms with Crippen molar-refractivity contribution in [2.45, 2.75) is 6.92 Å². The zero-order valence-corrected chi connectivity index (χ0v) is 10.2. The third kappa shape index (κ3) is 2.47. The van der Waals surface area contributed by atoms with Crippen LogP contribution in [0, 0.1) is 18.3 Å². The van der Waals surface area contributed by atoms with Crippen molar-refractivity contribution in [2.24, 2.45) is 0 Å². The van der Waals surface area contributed by atoms with Crippen LogP contribution in [0.4, 0.5) is 5.69 Å². The molecule has 0 radical (unpaired) electrons. The van der Waals surface area contributed by atoms with E-state index in [2.05, 4.69) is 25.9 Å². The van der Waals surface area contributed by atoms with E-state index in [1.54, 1.807) is 6.07 Å². The molecule has 90 valence electrons. The normalized spacial score (nSPS) is 11.1. The number of para-hydroxylation sites is 1. The Balaban J connectivity index is 2.27. The van der Waals surface area contributed by atoms with Crippen molar-refractivity contribution < 1.29 is 0 Å². The van der Waals surface area contributed by atoms with Crippen molar-refractivity contribution in [3.05, 3.63) is 40.8 Å². The zero-order valence-electron chi connectivity index (χ0n) is 9.48. The number of hydrogen-bond donors (Lipinski definition) is 2. The van der Waals surface area contributed by atoms with Gasteiger partial charge in [0.15, 0.2) is 0 Å². The van der Waals surface area contributed by atoms with Crippen molar-refractivity contribution in [3.63, 3.8) is 0 Å². The van der Waals surface area contributed by atoms with Crippen molar-refractivity contribution in [1.82, 2.24) is 20.6 Å². The summed E-state index contributed by atoms with van der Waals surface area (Å²) in [6.07, 6.45) is 1.50. The van der Waals surface area contributed by atoms with E-state index in [0.29, 0.717) is 5.02 Å². The molecule has 0 saturated carbocycles. The first kappa shape index (κ1) is 12.1. The number of nitrogens with one attached hydrogen (secondary N) is 2. The molecule has 1 heterocycles. The molecule has 0 unspecified atom stereocenters. The van der Waals surface area contributed by atoms with Gasteiger partial charge in [0.25, 0.3) is 0 Å². The van der Waals surface area contributed by atoms with Gasteiger partial charge in [-0.25, -0.2) is 0 Å². The van der Waals surface area contributed by atoms with Crippen molar-refractivity contribution in [2.75, 3.05) is 5.32 Å². The van der Waals surface area contributed by atoms with Gasteiger partial charge in [-0.05, 0) is 23.8 Å². The summed E-state index contributed by atoms with van der Waals surface area (Å²) in [5.41, 5.74) is 1.99. The topological polar surface area (TPSA) is 90.3 Å². The molecule has 18 heavy (non-hydrogen) atoms. The Labute approximate surface area is 108 Å². The minimum absolute atomic E-state index is 0.231. The Morgan fingerprint density at radius 1 is 1.56 bits per heavy atom. The van der Waals surface area contributed by atoms with Gasteiger partial charge >= 0.3 is 0 Å². The molecule has 0 fully saturated rings. The van der Waals surface area contributed by atoms with E-state index in [0.717, 1.165) is 11.3 Å². The Kier molecular flexibility index (Phi) is 3.55. The highest BCUT2D eigenvalue weighted by atomic mass is 35.5. The van der Waals surface area contributed by atoms with Crippen LogP contribution < -0.4 is 5.32 Å². The minimum Gasteiger partial charge on any atom is -0.359 e. The average molecular weight is 261 g/mol. The number of aromatic amines is 1. The van der Waals surface area contributed by atoms with Crippen LogP contribution in [0.25, 0.3) is 5.57 Å². The third-order valence-corrected chi connectivity index (χ3v) is 2.60. The van der Waals surface area contributed by atoms with Crippen LogP contribution in [-0.2, 0) is 0 Å². The number of tetrazole rings is 1. The van der Waals surface area contributed by atoms with Crippen molar-refractivity contribution >= 4 is 22.9 Å². The molecule has 0 amide bonds. The summed E-state index contributed by atoms with van der Waals surface area (Å²) in [7, 11) is 0. The summed E-state index contributed by atoms with van der Waals surface area (Å²) in [5, 5.41) is 25.7. The van der Waals surface area contributed by atoms with Crippen LogP contribution in [0.5, 0.6) is 0 Å². The number of nitriles is 1. The fourth-order valence-electron chi connectivity index (χ4n) is 1.38. The lowest BCUT2D eigenvalue weighted by molar-refractivity contribution is 0.881. The van der Waals surface area contributed by atoms with Gasteiger partial charge < -0.3 is 5.32 Å². The summed E-state index contributed by atoms with van der Waals surface area (Å²) in [6, 6.07) is 7.53. The van der Waals surface area contributed by atoms with Gasteiger partial charge in [-0.3, -0.25) is 0 Å². The smallest absolute Gasteiger partial charge is 0.216 e. The number of nitrogens with zero attached hydrogens (tertiary/aromatic N) is 4.